The first-order valence-corrected chi connectivity index (χ1v) is 8.45. The molecule has 134 valence electrons. The lowest BCUT2D eigenvalue weighted by Crippen LogP contribution is -2.35. The zero-order valence-corrected chi connectivity index (χ0v) is 13.6. The highest BCUT2D eigenvalue weighted by Gasteiger charge is 2.36. The third-order valence-corrected chi connectivity index (χ3v) is 4.89. The SMILES string of the molecule is CCN(CC)C(=O)CS(=O)(=O)c1ccc(C(F)(F)F)cc1[N+](=O)[O-]. The molecule has 24 heavy (non-hydrogen) atoms. The van der Waals surface area contributed by atoms with Crippen LogP contribution in [0, 0.1) is 10.1 Å². The van der Waals surface area contributed by atoms with Crippen molar-refractivity contribution in [1.82, 2.24) is 4.90 Å². The van der Waals surface area contributed by atoms with Gasteiger partial charge in [0.1, 0.15) is 10.6 Å². The monoisotopic (exact) mass is 368 g/mol. The van der Waals surface area contributed by atoms with Crippen LogP contribution in [0.4, 0.5) is 18.9 Å². The summed E-state index contributed by atoms with van der Waals surface area (Å²) in [6, 6.07) is 1.09. The Morgan fingerprint density at radius 2 is 1.79 bits per heavy atom. The lowest BCUT2D eigenvalue weighted by atomic mass is 10.2. The van der Waals surface area contributed by atoms with Crippen molar-refractivity contribution < 1.29 is 31.3 Å². The number of halogens is 3. The van der Waals surface area contributed by atoms with Gasteiger partial charge in [-0.3, -0.25) is 14.9 Å². The van der Waals surface area contributed by atoms with E-state index in [4.69, 9.17) is 0 Å². The Labute approximate surface area is 136 Å². The molecule has 1 aromatic rings. The maximum atomic E-state index is 12.6. The van der Waals surface area contributed by atoms with Crippen LogP contribution in [0.15, 0.2) is 23.1 Å². The number of amides is 1. The molecule has 0 radical (unpaired) electrons. The molecule has 0 spiro atoms. The molecule has 0 aromatic heterocycles. The molecular formula is C13H15F3N2O5S. The van der Waals surface area contributed by atoms with Gasteiger partial charge in [0.2, 0.25) is 5.91 Å². The summed E-state index contributed by atoms with van der Waals surface area (Å²) in [5.41, 5.74) is -2.56. The Hall–Kier alpha value is -2.17. The van der Waals surface area contributed by atoms with E-state index in [-0.39, 0.29) is 19.2 Å². The third-order valence-electron chi connectivity index (χ3n) is 3.25. The second-order valence-corrected chi connectivity index (χ2v) is 6.72. The van der Waals surface area contributed by atoms with Crippen molar-refractivity contribution in [1.29, 1.82) is 0 Å². The minimum atomic E-state index is -4.86. The molecule has 0 bridgehead atoms. The van der Waals surface area contributed by atoms with Crippen molar-refractivity contribution in [3.63, 3.8) is 0 Å². The lowest BCUT2D eigenvalue weighted by Gasteiger charge is -2.18. The van der Waals surface area contributed by atoms with Gasteiger partial charge in [0.25, 0.3) is 5.69 Å². The Balaban J connectivity index is 3.34. The summed E-state index contributed by atoms with van der Waals surface area (Å²) >= 11 is 0. The van der Waals surface area contributed by atoms with E-state index < -0.39 is 48.7 Å². The Kier molecular flexibility index (Phi) is 5.93. The van der Waals surface area contributed by atoms with Crippen LogP contribution in [0.2, 0.25) is 0 Å². The van der Waals surface area contributed by atoms with E-state index in [0.29, 0.717) is 12.1 Å². The molecule has 0 unspecified atom stereocenters. The third kappa shape index (κ3) is 4.43. The Morgan fingerprint density at radius 1 is 1.25 bits per heavy atom. The number of nitro groups is 1. The van der Waals surface area contributed by atoms with E-state index in [9.17, 15) is 36.5 Å². The molecule has 0 aliphatic heterocycles. The van der Waals surface area contributed by atoms with Crippen molar-refractivity contribution in [2.75, 3.05) is 18.8 Å². The van der Waals surface area contributed by atoms with Crippen LogP contribution in [0.1, 0.15) is 19.4 Å². The van der Waals surface area contributed by atoms with E-state index in [1.54, 1.807) is 13.8 Å². The number of nitrogens with zero attached hydrogens (tertiary/aromatic N) is 2. The number of carbonyl (C=O) groups is 1. The summed E-state index contributed by atoms with van der Waals surface area (Å²) in [7, 11) is -4.46. The van der Waals surface area contributed by atoms with Crippen molar-refractivity contribution >= 4 is 21.4 Å². The maximum absolute atomic E-state index is 12.6. The molecule has 0 aliphatic rings. The number of rotatable bonds is 6. The van der Waals surface area contributed by atoms with Crippen LogP contribution in [0.25, 0.3) is 0 Å². The van der Waals surface area contributed by atoms with E-state index in [0.717, 1.165) is 0 Å². The lowest BCUT2D eigenvalue weighted by molar-refractivity contribution is -0.388. The second kappa shape index (κ2) is 7.16. The van der Waals surface area contributed by atoms with Crippen molar-refractivity contribution in [2.24, 2.45) is 0 Å². The predicted octanol–water partition coefficient (Wildman–Crippen LogP) is 2.26. The van der Waals surface area contributed by atoms with Crippen LogP contribution in [0.5, 0.6) is 0 Å². The van der Waals surface area contributed by atoms with Gasteiger partial charge in [-0.05, 0) is 26.0 Å². The van der Waals surface area contributed by atoms with Gasteiger partial charge >= 0.3 is 6.18 Å². The van der Waals surface area contributed by atoms with Gasteiger partial charge in [-0.1, -0.05) is 0 Å². The number of benzene rings is 1. The van der Waals surface area contributed by atoms with E-state index in [2.05, 4.69) is 0 Å². The van der Waals surface area contributed by atoms with Crippen LogP contribution in [-0.2, 0) is 20.8 Å². The average Bonchev–Trinajstić information content (AvgIpc) is 2.46. The summed E-state index contributed by atoms with van der Waals surface area (Å²) in [5.74, 6) is -1.84. The fraction of sp³-hybridized carbons (Fsp3) is 0.462. The van der Waals surface area contributed by atoms with Crippen molar-refractivity contribution in [3.8, 4) is 0 Å². The van der Waals surface area contributed by atoms with E-state index in [1.165, 1.54) is 4.90 Å². The zero-order chi connectivity index (χ0) is 18.7. The summed E-state index contributed by atoms with van der Waals surface area (Å²) in [5, 5.41) is 11.0. The number of alkyl halides is 3. The molecule has 0 atom stereocenters. The van der Waals surface area contributed by atoms with Crippen molar-refractivity contribution in [3.05, 3.63) is 33.9 Å². The molecule has 11 heteroatoms. The van der Waals surface area contributed by atoms with Gasteiger partial charge in [-0.2, -0.15) is 13.2 Å². The molecule has 1 rings (SSSR count). The van der Waals surface area contributed by atoms with Gasteiger partial charge in [-0.15, -0.1) is 0 Å². The molecular weight excluding hydrogens is 353 g/mol. The Bertz CT molecular complexity index is 742. The van der Waals surface area contributed by atoms with Crippen LogP contribution in [-0.4, -0.2) is 43.0 Å². The molecule has 0 heterocycles. The molecule has 0 saturated carbocycles. The second-order valence-electron chi connectivity index (χ2n) is 4.76. The molecule has 0 saturated heterocycles. The van der Waals surface area contributed by atoms with Gasteiger partial charge in [0, 0.05) is 19.2 Å². The number of hydrogen-bond acceptors (Lipinski definition) is 5. The minimum absolute atomic E-state index is 0.148. The highest BCUT2D eigenvalue weighted by Crippen LogP contribution is 2.34. The first-order valence-electron chi connectivity index (χ1n) is 6.80. The standard InChI is InChI=1S/C13H15F3N2O5S/c1-3-17(4-2)12(19)8-24(22,23)11-6-5-9(13(14,15)16)7-10(11)18(20)21/h5-7H,3-4,8H2,1-2H3. The summed E-state index contributed by atoms with van der Waals surface area (Å²) < 4.78 is 62.4. The molecule has 1 amide bonds. The van der Waals surface area contributed by atoms with E-state index in [1.807, 2.05) is 0 Å². The van der Waals surface area contributed by atoms with Crippen LogP contribution < -0.4 is 0 Å². The summed E-state index contributed by atoms with van der Waals surface area (Å²) in [6.07, 6.45) is -4.86. The maximum Gasteiger partial charge on any atom is 0.416 e. The molecule has 7 nitrogen and oxygen atoms in total. The highest BCUT2D eigenvalue weighted by molar-refractivity contribution is 7.92. The normalized spacial score (nSPS) is 12.0. The molecule has 1 aromatic carbocycles. The van der Waals surface area contributed by atoms with Gasteiger partial charge in [-0.25, -0.2) is 8.42 Å². The largest absolute Gasteiger partial charge is 0.416 e. The smallest absolute Gasteiger partial charge is 0.342 e. The topological polar surface area (TPSA) is 97.6 Å². The molecule has 0 fully saturated rings. The minimum Gasteiger partial charge on any atom is -0.342 e. The van der Waals surface area contributed by atoms with Crippen LogP contribution >= 0.6 is 0 Å². The van der Waals surface area contributed by atoms with E-state index >= 15 is 0 Å². The van der Waals surface area contributed by atoms with Gasteiger partial charge in [0.05, 0.1) is 10.5 Å². The highest BCUT2D eigenvalue weighted by atomic mass is 32.2. The fourth-order valence-corrected chi connectivity index (χ4v) is 3.40. The quantitative estimate of drug-likeness (QED) is 0.567. The van der Waals surface area contributed by atoms with Gasteiger partial charge < -0.3 is 4.90 Å². The first-order chi connectivity index (χ1) is 10.9. The number of nitro benzene ring substituents is 1. The number of sulfone groups is 1. The first kappa shape index (κ1) is 19.9. The predicted molar refractivity (Wildman–Crippen MR) is 78.1 cm³/mol. The molecule has 0 N–H and O–H groups in total. The Morgan fingerprint density at radius 3 is 2.21 bits per heavy atom. The summed E-state index contributed by atoms with van der Waals surface area (Å²) in [6.45, 7) is 3.71. The van der Waals surface area contributed by atoms with Crippen molar-refractivity contribution in [2.45, 2.75) is 24.9 Å². The summed E-state index contributed by atoms with van der Waals surface area (Å²) in [4.78, 5) is 21.9. The van der Waals surface area contributed by atoms with Crippen LogP contribution in [0.3, 0.4) is 0 Å². The fourth-order valence-electron chi connectivity index (χ4n) is 2.01. The zero-order valence-electron chi connectivity index (χ0n) is 12.8. The van der Waals surface area contributed by atoms with Gasteiger partial charge in [0.15, 0.2) is 9.84 Å². The number of carbonyl (C=O) groups excluding carboxylic acids is 1. The number of hydrogen-bond donors (Lipinski definition) is 0. The molecule has 0 aliphatic carbocycles. The average molecular weight is 368 g/mol.